The number of nitro groups is 1. The van der Waals surface area contributed by atoms with Crippen molar-refractivity contribution in [3.63, 3.8) is 0 Å². The Bertz CT molecular complexity index is 558. The Labute approximate surface area is 123 Å². The van der Waals surface area contributed by atoms with Crippen LogP contribution in [0.5, 0.6) is 0 Å². The lowest BCUT2D eigenvalue weighted by Crippen LogP contribution is -2.21. The van der Waals surface area contributed by atoms with E-state index in [1.807, 2.05) is 0 Å². The van der Waals surface area contributed by atoms with Crippen molar-refractivity contribution < 1.29 is 9.72 Å². The summed E-state index contributed by atoms with van der Waals surface area (Å²) in [5, 5.41) is 13.3. The summed E-state index contributed by atoms with van der Waals surface area (Å²) in [6.45, 7) is 3.88. The molecule has 100 valence electrons. The fourth-order valence-electron chi connectivity index (χ4n) is 1.19. The Kier molecular flexibility index (Phi) is 5.72. The van der Waals surface area contributed by atoms with Gasteiger partial charge in [0, 0.05) is 23.2 Å². The van der Waals surface area contributed by atoms with Crippen LogP contribution in [0.25, 0.3) is 6.08 Å². The molecule has 0 aliphatic heterocycles. The fourth-order valence-corrected chi connectivity index (χ4v) is 1.51. The number of nitrogens with zero attached hydrogens (tertiary/aromatic N) is 1. The minimum Gasteiger partial charge on any atom is -0.348 e. The van der Waals surface area contributed by atoms with Gasteiger partial charge in [0.2, 0.25) is 5.91 Å². The van der Waals surface area contributed by atoms with E-state index in [0.29, 0.717) is 16.6 Å². The van der Waals surface area contributed by atoms with E-state index in [4.69, 9.17) is 11.6 Å². The molecule has 0 bridgehead atoms. The number of carbonyl (C=O) groups is 1. The van der Waals surface area contributed by atoms with Gasteiger partial charge in [-0.25, -0.2) is 0 Å². The molecular formula is C12H10BrClN2O3. The van der Waals surface area contributed by atoms with E-state index in [0.717, 1.165) is 0 Å². The van der Waals surface area contributed by atoms with E-state index < -0.39 is 4.92 Å². The third kappa shape index (κ3) is 5.23. The molecule has 0 aliphatic carbocycles. The molecule has 1 rings (SSSR count). The number of hydrogen-bond acceptors (Lipinski definition) is 3. The van der Waals surface area contributed by atoms with Crippen LogP contribution in [-0.4, -0.2) is 17.4 Å². The Balaban J connectivity index is 2.77. The SMILES string of the molecule is C=C(Br)CNC(=O)/C=C/c1ccc(Cl)c([N+](=O)[O-])c1. The second-order valence-corrected chi connectivity index (χ2v) is 5.07. The quantitative estimate of drug-likeness (QED) is 0.505. The maximum Gasteiger partial charge on any atom is 0.288 e. The highest BCUT2D eigenvalue weighted by molar-refractivity contribution is 9.11. The van der Waals surface area contributed by atoms with Crippen LogP contribution in [-0.2, 0) is 4.79 Å². The summed E-state index contributed by atoms with van der Waals surface area (Å²) >= 11 is 8.79. The zero-order valence-corrected chi connectivity index (χ0v) is 12.1. The molecule has 0 heterocycles. The van der Waals surface area contributed by atoms with Crippen molar-refractivity contribution in [3.8, 4) is 0 Å². The summed E-state index contributed by atoms with van der Waals surface area (Å²) in [7, 11) is 0. The van der Waals surface area contributed by atoms with Crippen molar-refractivity contribution in [2.75, 3.05) is 6.54 Å². The van der Waals surface area contributed by atoms with Gasteiger partial charge in [-0.15, -0.1) is 0 Å². The summed E-state index contributed by atoms with van der Waals surface area (Å²) < 4.78 is 0.649. The van der Waals surface area contributed by atoms with Crippen LogP contribution in [0.4, 0.5) is 5.69 Å². The summed E-state index contributed by atoms with van der Waals surface area (Å²) in [5.41, 5.74) is 0.321. The van der Waals surface area contributed by atoms with Crippen LogP contribution in [0.15, 0.2) is 35.3 Å². The number of carbonyl (C=O) groups excluding carboxylic acids is 1. The zero-order chi connectivity index (χ0) is 14.4. The maximum atomic E-state index is 11.4. The molecule has 0 saturated carbocycles. The molecule has 0 fully saturated rings. The molecular weight excluding hydrogens is 336 g/mol. The van der Waals surface area contributed by atoms with Crippen molar-refractivity contribution in [1.29, 1.82) is 0 Å². The first kappa shape index (κ1) is 15.4. The summed E-state index contributed by atoms with van der Waals surface area (Å²) in [6.07, 6.45) is 2.75. The summed E-state index contributed by atoms with van der Waals surface area (Å²) in [4.78, 5) is 21.5. The third-order valence-corrected chi connectivity index (χ3v) is 2.65. The zero-order valence-electron chi connectivity index (χ0n) is 9.73. The second kappa shape index (κ2) is 7.06. The molecule has 19 heavy (non-hydrogen) atoms. The third-order valence-electron chi connectivity index (χ3n) is 2.05. The van der Waals surface area contributed by atoms with Gasteiger partial charge >= 0.3 is 0 Å². The molecule has 5 nitrogen and oxygen atoms in total. The molecule has 0 radical (unpaired) electrons. The molecule has 1 aromatic rings. The first-order valence-electron chi connectivity index (χ1n) is 5.13. The molecule has 1 amide bonds. The minimum absolute atomic E-state index is 0.0576. The van der Waals surface area contributed by atoms with Crippen molar-refractivity contribution in [1.82, 2.24) is 5.32 Å². The minimum atomic E-state index is -0.575. The van der Waals surface area contributed by atoms with Crippen LogP contribution >= 0.6 is 27.5 Å². The molecule has 0 atom stereocenters. The fraction of sp³-hybridized carbons (Fsp3) is 0.0833. The molecule has 7 heteroatoms. The van der Waals surface area contributed by atoms with E-state index in [2.05, 4.69) is 27.8 Å². The van der Waals surface area contributed by atoms with Crippen molar-refractivity contribution in [2.45, 2.75) is 0 Å². The van der Waals surface area contributed by atoms with E-state index in [9.17, 15) is 14.9 Å². The number of benzene rings is 1. The van der Waals surface area contributed by atoms with Gasteiger partial charge < -0.3 is 5.32 Å². The average Bonchev–Trinajstić information content (AvgIpc) is 2.35. The van der Waals surface area contributed by atoms with Gasteiger partial charge in [-0.2, -0.15) is 0 Å². The maximum absolute atomic E-state index is 11.4. The molecule has 0 unspecified atom stereocenters. The van der Waals surface area contributed by atoms with Gasteiger partial charge in [-0.3, -0.25) is 14.9 Å². The van der Waals surface area contributed by atoms with Gasteiger partial charge in [-0.05, 0) is 17.7 Å². The molecule has 1 N–H and O–H groups in total. The monoisotopic (exact) mass is 344 g/mol. The van der Waals surface area contributed by atoms with E-state index >= 15 is 0 Å². The van der Waals surface area contributed by atoms with Crippen LogP contribution in [0, 0.1) is 10.1 Å². The van der Waals surface area contributed by atoms with Gasteiger partial charge in [-0.1, -0.05) is 40.2 Å². The predicted octanol–water partition coefficient (Wildman–Crippen LogP) is 3.29. The number of nitrogens with one attached hydrogen (secondary N) is 1. The van der Waals surface area contributed by atoms with Gasteiger partial charge in [0.1, 0.15) is 5.02 Å². The Hall–Kier alpha value is -1.66. The Morgan fingerprint density at radius 2 is 2.26 bits per heavy atom. The van der Waals surface area contributed by atoms with Crippen LogP contribution in [0.2, 0.25) is 5.02 Å². The number of hydrogen-bond donors (Lipinski definition) is 1. The first-order chi connectivity index (χ1) is 8.90. The normalized spacial score (nSPS) is 10.4. The molecule has 0 aromatic heterocycles. The summed E-state index contributed by atoms with van der Waals surface area (Å²) in [6, 6.07) is 4.30. The lowest BCUT2D eigenvalue weighted by molar-refractivity contribution is -0.384. The number of halogens is 2. The highest BCUT2D eigenvalue weighted by atomic mass is 79.9. The molecule has 0 aliphatic rings. The van der Waals surface area contributed by atoms with Crippen LogP contribution in [0.3, 0.4) is 0 Å². The lowest BCUT2D eigenvalue weighted by Gasteiger charge is -1.99. The summed E-state index contributed by atoms with van der Waals surface area (Å²) in [5.74, 6) is -0.321. The molecule has 1 aromatic carbocycles. The topological polar surface area (TPSA) is 72.2 Å². The van der Waals surface area contributed by atoms with Crippen LogP contribution in [0.1, 0.15) is 5.56 Å². The standard InChI is InChI=1S/C12H10BrClN2O3/c1-8(13)7-15-12(17)5-3-9-2-4-10(14)11(6-9)16(18)19/h2-6H,1,7H2,(H,15,17)/b5-3+. The van der Waals surface area contributed by atoms with Crippen molar-refractivity contribution in [2.24, 2.45) is 0 Å². The number of nitro benzene ring substituents is 1. The van der Waals surface area contributed by atoms with Gasteiger partial charge in [0.15, 0.2) is 0 Å². The number of amides is 1. The second-order valence-electron chi connectivity index (χ2n) is 3.54. The van der Waals surface area contributed by atoms with Gasteiger partial charge in [0.25, 0.3) is 5.69 Å². The Morgan fingerprint density at radius 1 is 1.58 bits per heavy atom. The average molecular weight is 346 g/mol. The van der Waals surface area contributed by atoms with Crippen molar-refractivity contribution >= 4 is 45.2 Å². The van der Waals surface area contributed by atoms with Crippen molar-refractivity contribution in [3.05, 3.63) is 56.0 Å². The lowest BCUT2D eigenvalue weighted by atomic mass is 10.2. The van der Waals surface area contributed by atoms with E-state index in [-0.39, 0.29) is 16.6 Å². The smallest absolute Gasteiger partial charge is 0.288 e. The molecule has 0 spiro atoms. The predicted molar refractivity (Wildman–Crippen MR) is 78.2 cm³/mol. The highest BCUT2D eigenvalue weighted by Crippen LogP contribution is 2.25. The van der Waals surface area contributed by atoms with Gasteiger partial charge in [0.05, 0.1) is 4.92 Å². The van der Waals surface area contributed by atoms with E-state index in [1.165, 1.54) is 24.3 Å². The highest BCUT2D eigenvalue weighted by Gasteiger charge is 2.11. The van der Waals surface area contributed by atoms with E-state index in [1.54, 1.807) is 6.07 Å². The largest absolute Gasteiger partial charge is 0.348 e. The van der Waals surface area contributed by atoms with Crippen LogP contribution < -0.4 is 5.32 Å². The molecule has 0 saturated heterocycles. The number of rotatable bonds is 5. The first-order valence-corrected chi connectivity index (χ1v) is 6.30. The Morgan fingerprint density at radius 3 is 2.84 bits per heavy atom.